The van der Waals surface area contributed by atoms with Crippen molar-refractivity contribution in [1.29, 1.82) is 0 Å². The van der Waals surface area contributed by atoms with E-state index in [4.69, 9.17) is 37.7 Å². The van der Waals surface area contributed by atoms with Gasteiger partial charge in [-0.15, -0.1) is 0 Å². The Hall–Kier alpha value is -3.92. The zero-order valence-electron chi connectivity index (χ0n) is 21.4. The summed E-state index contributed by atoms with van der Waals surface area (Å²) >= 11 is 12.4. The number of thiocarbonyl (C=S) groups is 1. The van der Waals surface area contributed by atoms with Crippen molar-refractivity contribution in [2.75, 3.05) is 30.5 Å². The van der Waals surface area contributed by atoms with Gasteiger partial charge in [-0.1, -0.05) is 17.7 Å². The number of anilines is 2. The molecule has 0 saturated carbocycles. The number of hydrogen-bond donors (Lipinski definition) is 2. The van der Waals surface area contributed by atoms with Crippen LogP contribution in [0.1, 0.15) is 30.5 Å². The van der Waals surface area contributed by atoms with Crippen LogP contribution in [-0.4, -0.2) is 36.3 Å². The minimum Gasteiger partial charge on any atom is -0.494 e. The molecular formula is C29H27ClN4O4S. The lowest BCUT2D eigenvalue weighted by molar-refractivity contribution is -0.119. The van der Waals surface area contributed by atoms with Gasteiger partial charge in [-0.05, 0) is 85.9 Å². The fraction of sp³-hybridized carbons (Fsp3) is 0.207. The summed E-state index contributed by atoms with van der Waals surface area (Å²) < 4.78 is 16.9. The number of hydrogen-bond acceptors (Lipinski definition) is 6. The molecule has 2 atom stereocenters. The van der Waals surface area contributed by atoms with Crippen LogP contribution in [0.25, 0.3) is 11.3 Å². The summed E-state index contributed by atoms with van der Waals surface area (Å²) in [5, 5.41) is 7.03. The van der Waals surface area contributed by atoms with E-state index in [1.165, 1.54) is 7.11 Å². The molecular weight excluding hydrogens is 536 g/mol. The quantitative estimate of drug-likeness (QED) is 0.235. The van der Waals surface area contributed by atoms with Crippen LogP contribution in [0.4, 0.5) is 11.4 Å². The van der Waals surface area contributed by atoms with Crippen LogP contribution < -0.4 is 20.3 Å². The van der Waals surface area contributed by atoms with E-state index >= 15 is 0 Å². The first-order valence-corrected chi connectivity index (χ1v) is 13.2. The highest BCUT2D eigenvalue weighted by molar-refractivity contribution is 7.80. The molecule has 2 aromatic heterocycles. The Kier molecular flexibility index (Phi) is 8.11. The van der Waals surface area contributed by atoms with Crippen LogP contribution in [0.3, 0.4) is 0 Å². The van der Waals surface area contributed by atoms with Gasteiger partial charge in [0.15, 0.2) is 5.11 Å². The molecule has 3 heterocycles. The normalized spacial score (nSPS) is 16.7. The Morgan fingerprint density at radius 3 is 2.67 bits per heavy atom. The third-order valence-corrected chi connectivity index (χ3v) is 6.87. The van der Waals surface area contributed by atoms with Crippen LogP contribution in [-0.2, 0) is 9.53 Å². The minimum absolute atomic E-state index is 0.0682. The molecule has 0 unspecified atom stereocenters. The first kappa shape index (κ1) is 26.7. The maximum atomic E-state index is 12.0. The summed E-state index contributed by atoms with van der Waals surface area (Å²) in [6.45, 7) is 2.49. The zero-order valence-corrected chi connectivity index (χ0v) is 23.0. The van der Waals surface area contributed by atoms with E-state index in [0.29, 0.717) is 28.2 Å². The van der Waals surface area contributed by atoms with Gasteiger partial charge in [0, 0.05) is 24.6 Å². The summed E-state index contributed by atoms with van der Waals surface area (Å²) in [4.78, 5) is 18.5. The second kappa shape index (κ2) is 11.9. The number of carbonyl (C=O) groups excluding carboxylic acids is 1. The third-order valence-electron chi connectivity index (χ3n) is 6.25. The molecule has 200 valence electrons. The van der Waals surface area contributed by atoms with Gasteiger partial charge in [-0.3, -0.25) is 9.78 Å². The second-order valence-electron chi connectivity index (χ2n) is 8.80. The summed E-state index contributed by atoms with van der Waals surface area (Å²) in [5.74, 6) is 1.94. The molecule has 0 radical (unpaired) electrons. The zero-order chi connectivity index (χ0) is 27.4. The van der Waals surface area contributed by atoms with E-state index in [9.17, 15) is 4.79 Å². The highest BCUT2D eigenvalue weighted by Gasteiger charge is 2.42. The molecule has 2 aromatic carbocycles. The first-order chi connectivity index (χ1) is 19.0. The summed E-state index contributed by atoms with van der Waals surface area (Å²) in [7, 11) is 1.46. The number of nitrogens with zero attached hydrogens (tertiary/aromatic N) is 2. The van der Waals surface area contributed by atoms with Crippen molar-refractivity contribution >= 4 is 46.2 Å². The molecule has 1 amide bonds. The molecule has 2 N–H and O–H groups in total. The van der Waals surface area contributed by atoms with Crippen molar-refractivity contribution in [2.45, 2.75) is 19.0 Å². The molecule has 0 spiro atoms. The van der Waals surface area contributed by atoms with E-state index in [2.05, 4.69) is 15.6 Å². The van der Waals surface area contributed by atoms with Crippen LogP contribution in [0, 0.1) is 0 Å². The largest absolute Gasteiger partial charge is 0.494 e. The van der Waals surface area contributed by atoms with E-state index in [1.807, 2.05) is 72.5 Å². The van der Waals surface area contributed by atoms with E-state index in [1.54, 1.807) is 18.3 Å². The highest BCUT2D eigenvalue weighted by atomic mass is 35.5. The van der Waals surface area contributed by atoms with Crippen molar-refractivity contribution in [3.8, 4) is 17.1 Å². The Bertz CT molecular complexity index is 1460. The van der Waals surface area contributed by atoms with E-state index in [0.717, 1.165) is 28.5 Å². The fourth-order valence-electron chi connectivity index (χ4n) is 4.54. The molecule has 10 heteroatoms. The van der Waals surface area contributed by atoms with Gasteiger partial charge in [-0.2, -0.15) is 0 Å². The van der Waals surface area contributed by atoms with Crippen molar-refractivity contribution in [2.24, 2.45) is 0 Å². The lowest BCUT2D eigenvalue weighted by Gasteiger charge is -2.26. The molecule has 5 rings (SSSR count). The molecule has 39 heavy (non-hydrogen) atoms. The van der Waals surface area contributed by atoms with Gasteiger partial charge >= 0.3 is 0 Å². The Morgan fingerprint density at radius 1 is 1.15 bits per heavy atom. The number of pyridine rings is 1. The minimum atomic E-state index is -0.353. The van der Waals surface area contributed by atoms with Crippen molar-refractivity contribution < 1.29 is 18.7 Å². The van der Waals surface area contributed by atoms with Gasteiger partial charge in [0.1, 0.15) is 29.9 Å². The Labute approximate surface area is 236 Å². The number of carbonyl (C=O) groups is 1. The predicted octanol–water partition coefficient (Wildman–Crippen LogP) is 6.16. The topological polar surface area (TPSA) is 88.9 Å². The first-order valence-electron chi connectivity index (χ1n) is 12.4. The number of aromatic nitrogens is 1. The average Bonchev–Trinajstić information content (AvgIpc) is 3.56. The number of furan rings is 1. The van der Waals surface area contributed by atoms with Crippen LogP contribution in [0.5, 0.6) is 5.75 Å². The van der Waals surface area contributed by atoms with Gasteiger partial charge in [0.05, 0.1) is 29.1 Å². The van der Waals surface area contributed by atoms with Gasteiger partial charge in [-0.25, -0.2) is 0 Å². The Balaban J connectivity index is 1.50. The van der Waals surface area contributed by atoms with E-state index < -0.39 is 0 Å². The summed E-state index contributed by atoms with van der Waals surface area (Å²) in [6.07, 6.45) is 1.75. The molecule has 8 nitrogen and oxygen atoms in total. The van der Waals surface area contributed by atoms with Crippen molar-refractivity contribution in [3.63, 3.8) is 0 Å². The second-order valence-corrected chi connectivity index (χ2v) is 9.60. The number of nitrogens with one attached hydrogen (secondary N) is 2. The average molecular weight is 563 g/mol. The molecule has 1 aliphatic rings. The van der Waals surface area contributed by atoms with Gasteiger partial charge in [0.2, 0.25) is 5.91 Å². The van der Waals surface area contributed by atoms with Gasteiger partial charge in [0.25, 0.3) is 0 Å². The van der Waals surface area contributed by atoms with Crippen LogP contribution >= 0.6 is 23.8 Å². The van der Waals surface area contributed by atoms with E-state index in [-0.39, 0.29) is 24.6 Å². The van der Waals surface area contributed by atoms with Crippen LogP contribution in [0.15, 0.2) is 83.4 Å². The number of rotatable bonds is 9. The maximum absolute atomic E-state index is 12.0. The number of amides is 1. The molecule has 0 aliphatic carbocycles. The number of ether oxygens (including phenoxy) is 2. The smallest absolute Gasteiger partial charge is 0.250 e. The monoisotopic (exact) mass is 562 g/mol. The van der Waals surface area contributed by atoms with Crippen LogP contribution in [0.2, 0.25) is 5.02 Å². The van der Waals surface area contributed by atoms with Crippen molar-refractivity contribution in [3.05, 3.63) is 95.5 Å². The Morgan fingerprint density at radius 2 is 1.97 bits per heavy atom. The summed E-state index contributed by atoms with van der Waals surface area (Å²) in [5.41, 5.74) is 2.97. The number of benzene rings is 2. The molecule has 4 aromatic rings. The number of halogens is 1. The summed E-state index contributed by atoms with van der Waals surface area (Å²) in [6, 6.07) is 22.2. The lowest BCUT2D eigenvalue weighted by atomic mass is 10.0. The van der Waals surface area contributed by atoms with Crippen molar-refractivity contribution in [1.82, 2.24) is 10.3 Å². The predicted molar refractivity (Wildman–Crippen MR) is 155 cm³/mol. The molecule has 1 fully saturated rings. The highest BCUT2D eigenvalue weighted by Crippen LogP contribution is 2.44. The molecule has 0 bridgehead atoms. The number of methoxy groups -OCH3 is 1. The SMILES string of the molecule is CCOc1ccc(-c2ccc([C@H]3[C@H](c4ccccn4)NC(=S)N3c3ccc(NC(=O)COC)c(Cl)c3)o2)cc1. The lowest BCUT2D eigenvalue weighted by Crippen LogP contribution is -2.29. The molecule has 1 saturated heterocycles. The maximum Gasteiger partial charge on any atom is 0.250 e. The standard InChI is InChI=1S/C29H27ClN4O4S/c1-3-37-20-10-7-18(8-11-20)24-13-14-25(38-24)28-27(23-6-4-5-15-31-23)33-29(39)34(28)19-9-12-22(21(30)16-19)32-26(35)17-36-2/h4-16,27-28H,3,17H2,1-2H3,(H,32,35)(H,33,39)/t27-,28-/m0/s1. The molecule has 1 aliphatic heterocycles. The fourth-order valence-corrected chi connectivity index (χ4v) is 5.11. The third kappa shape index (κ3) is 5.75. The van der Waals surface area contributed by atoms with Gasteiger partial charge < -0.3 is 29.4 Å².